The molecule has 0 aliphatic rings. The lowest BCUT2D eigenvalue weighted by Gasteiger charge is -2.02. The number of carbonyl (C=O) groups is 2. The molecule has 3 rings (SSSR count). The van der Waals surface area contributed by atoms with Crippen LogP contribution in [0.2, 0.25) is 0 Å². The number of anilines is 1. The molecule has 0 unspecified atom stereocenters. The van der Waals surface area contributed by atoms with Crippen LogP contribution in [0.25, 0.3) is 10.2 Å². The molecule has 0 aliphatic carbocycles. The first kappa shape index (κ1) is 18.7. The number of carbonyl (C=O) groups excluding carboxylic acids is 2. The first-order valence-corrected chi connectivity index (χ1v) is 10.2. The zero-order chi connectivity index (χ0) is 18.4. The quantitative estimate of drug-likeness (QED) is 0.334. The zero-order valence-electron chi connectivity index (χ0n) is 13.7. The molecule has 0 fully saturated rings. The number of rotatable bonds is 8. The van der Waals surface area contributed by atoms with E-state index in [-0.39, 0.29) is 17.6 Å². The van der Waals surface area contributed by atoms with Crippen molar-refractivity contribution >= 4 is 61.6 Å². The van der Waals surface area contributed by atoms with Crippen molar-refractivity contribution in [2.75, 3.05) is 31.3 Å². The van der Waals surface area contributed by atoms with E-state index in [0.717, 1.165) is 10.2 Å². The van der Waals surface area contributed by atoms with Gasteiger partial charge in [0.25, 0.3) is 5.91 Å². The molecule has 2 N–H and O–H groups in total. The maximum absolute atomic E-state index is 12.3. The SMILES string of the molecule is COCCNC(=O)CSc1nnc(NC(=O)c2nc3ccccc3s2)s1. The molecule has 2 amide bonds. The minimum Gasteiger partial charge on any atom is -0.383 e. The normalized spacial score (nSPS) is 10.8. The summed E-state index contributed by atoms with van der Waals surface area (Å²) >= 11 is 3.80. The smallest absolute Gasteiger partial charge is 0.286 e. The zero-order valence-corrected chi connectivity index (χ0v) is 16.2. The lowest BCUT2D eigenvalue weighted by molar-refractivity contribution is -0.118. The highest BCUT2D eigenvalue weighted by molar-refractivity contribution is 8.01. The molecule has 0 spiro atoms. The van der Waals surface area contributed by atoms with Crippen LogP contribution < -0.4 is 10.6 Å². The fraction of sp³-hybridized carbons (Fsp3) is 0.267. The number of methoxy groups -OCH3 is 1. The van der Waals surface area contributed by atoms with Gasteiger partial charge in [-0.3, -0.25) is 14.9 Å². The van der Waals surface area contributed by atoms with Gasteiger partial charge in [0.1, 0.15) is 0 Å². The number of nitrogens with one attached hydrogen (secondary N) is 2. The van der Waals surface area contributed by atoms with Gasteiger partial charge < -0.3 is 10.1 Å². The number of fused-ring (bicyclic) bond motifs is 1. The molecular weight excluding hydrogens is 394 g/mol. The fourth-order valence-electron chi connectivity index (χ4n) is 1.91. The Bertz CT molecular complexity index is 878. The van der Waals surface area contributed by atoms with Crippen LogP contribution in [-0.4, -0.2) is 53.0 Å². The average molecular weight is 410 g/mol. The van der Waals surface area contributed by atoms with Gasteiger partial charge >= 0.3 is 0 Å². The summed E-state index contributed by atoms with van der Waals surface area (Å²) in [6, 6.07) is 7.56. The van der Waals surface area contributed by atoms with Gasteiger partial charge in [-0.2, -0.15) is 0 Å². The summed E-state index contributed by atoms with van der Waals surface area (Å²) in [5, 5.41) is 14.1. The Balaban J connectivity index is 1.53. The van der Waals surface area contributed by atoms with Gasteiger partial charge in [-0.05, 0) is 12.1 Å². The molecule has 1 aromatic carbocycles. The lowest BCUT2D eigenvalue weighted by Crippen LogP contribution is -2.28. The van der Waals surface area contributed by atoms with Crippen LogP contribution in [0, 0.1) is 0 Å². The van der Waals surface area contributed by atoms with E-state index in [2.05, 4.69) is 25.8 Å². The number of hydrogen-bond acceptors (Lipinski definition) is 9. The van der Waals surface area contributed by atoms with Crippen LogP contribution in [0.15, 0.2) is 28.6 Å². The molecule has 0 saturated heterocycles. The van der Waals surface area contributed by atoms with E-state index in [1.165, 1.54) is 34.4 Å². The van der Waals surface area contributed by atoms with E-state index in [9.17, 15) is 9.59 Å². The number of nitrogens with zero attached hydrogens (tertiary/aromatic N) is 3. The van der Waals surface area contributed by atoms with Crippen molar-refractivity contribution < 1.29 is 14.3 Å². The number of thioether (sulfide) groups is 1. The van der Waals surface area contributed by atoms with Crippen LogP contribution in [-0.2, 0) is 9.53 Å². The Kier molecular flexibility index (Phi) is 6.50. The van der Waals surface area contributed by atoms with E-state index in [4.69, 9.17) is 4.74 Å². The molecule has 0 atom stereocenters. The third-order valence-corrected chi connectivity index (χ3v) is 6.08. The van der Waals surface area contributed by atoms with Crippen LogP contribution in [0.1, 0.15) is 9.80 Å². The molecule has 2 heterocycles. The highest BCUT2D eigenvalue weighted by Gasteiger charge is 2.15. The molecule has 11 heteroatoms. The molecule has 0 radical (unpaired) electrons. The van der Waals surface area contributed by atoms with Gasteiger partial charge in [-0.15, -0.1) is 21.5 Å². The van der Waals surface area contributed by atoms with Crippen LogP contribution >= 0.6 is 34.4 Å². The van der Waals surface area contributed by atoms with Crippen LogP contribution in [0.4, 0.5) is 5.13 Å². The lowest BCUT2D eigenvalue weighted by atomic mass is 10.3. The van der Waals surface area contributed by atoms with Gasteiger partial charge in [0, 0.05) is 13.7 Å². The second kappa shape index (κ2) is 9.03. The third kappa shape index (κ3) is 4.97. The third-order valence-electron chi connectivity index (χ3n) is 3.07. The molecule has 8 nitrogen and oxygen atoms in total. The molecule has 0 saturated carbocycles. The summed E-state index contributed by atoms with van der Waals surface area (Å²) in [5.41, 5.74) is 0.788. The van der Waals surface area contributed by atoms with Crippen LogP contribution in [0.5, 0.6) is 0 Å². The molecule has 26 heavy (non-hydrogen) atoms. The Hall–Kier alpha value is -2.08. The van der Waals surface area contributed by atoms with Crippen molar-refractivity contribution in [3.63, 3.8) is 0 Å². The number of aromatic nitrogens is 3. The van der Waals surface area contributed by atoms with Crippen molar-refractivity contribution in [3.8, 4) is 0 Å². The maximum Gasteiger partial charge on any atom is 0.286 e. The van der Waals surface area contributed by atoms with Gasteiger partial charge in [0.05, 0.1) is 22.6 Å². The van der Waals surface area contributed by atoms with Gasteiger partial charge in [-0.25, -0.2) is 4.98 Å². The molecule has 2 aromatic heterocycles. The number of benzene rings is 1. The summed E-state index contributed by atoms with van der Waals surface area (Å²) in [7, 11) is 1.58. The number of para-hydroxylation sites is 1. The predicted octanol–water partition coefficient (Wildman–Crippen LogP) is 2.25. The number of hydrogen-bond donors (Lipinski definition) is 2. The summed E-state index contributed by atoms with van der Waals surface area (Å²) in [6.45, 7) is 0.937. The van der Waals surface area contributed by atoms with E-state index >= 15 is 0 Å². The minimum atomic E-state index is -0.323. The number of amides is 2. The van der Waals surface area contributed by atoms with E-state index in [0.29, 0.717) is 27.6 Å². The number of thiazole rings is 1. The average Bonchev–Trinajstić information content (AvgIpc) is 3.26. The minimum absolute atomic E-state index is 0.109. The Morgan fingerprint density at radius 3 is 2.88 bits per heavy atom. The summed E-state index contributed by atoms with van der Waals surface area (Å²) in [4.78, 5) is 28.2. The highest BCUT2D eigenvalue weighted by atomic mass is 32.2. The topological polar surface area (TPSA) is 106 Å². The van der Waals surface area contributed by atoms with E-state index in [1.54, 1.807) is 7.11 Å². The Labute approximate surface area is 161 Å². The van der Waals surface area contributed by atoms with Gasteiger partial charge in [0.2, 0.25) is 11.0 Å². The van der Waals surface area contributed by atoms with Crippen molar-refractivity contribution in [1.82, 2.24) is 20.5 Å². The molecule has 136 valence electrons. The van der Waals surface area contributed by atoms with Crippen LogP contribution in [0.3, 0.4) is 0 Å². The second-order valence-electron chi connectivity index (χ2n) is 4.95. The molecule has 0 bridgehead atoms. The van der Waals surface area contributed by atoms with E-state index < -0.39 is 0 Å². The summed E-state index contributed by atoms with van der Waals surface area (Å²) in [5.74, 6) is -0.206. The monoisotopic (exact) mass is 409 g/mol. The largest absolute Gasteiger partial charge is 0.383 e. The van der Waals surface area contributed by atoms with Gasteiger partial charge in [0.15, 0.2) is 9.35 Å². The Morgan fingerprint density at radius 2 is 2.08 bits per heavy atom. The van der Waals surface area contributed by atoms with E-state index in [1.807, 2.05) is 24.3 Å². The first-order chi connectivity index (χ1) is 12.7. The molecule has 3 aromatic rings. The molecular formula is C15H15N5O3S3. The maximum atomic E-state index is 12.3. The molecule has 0 aliphatic heterocycles. The highest BCUT2D eigenvalue weighted by Crippen LogP contribution is 2.27. The van der Waals surface area contributed by atoms with Crippen molar-refractivity contribution in [3.05, 3.63) is 29.3 Å². The summed E-state index contributed by atoms with van der Waals surface area (Å²) < 4.78 is 6.42. The fourth-order valence-corrected chi connectivity index (χ4v) is 4.35. The standard InChI is InChI=1S/C15H15N5O3S3/c1-23-7-6-16-11(21)8-24-15-20-19-14(26-15)18-12(22)13-17-9-4-2-3-5-10(9)25-13/h2-5H,6-8H2,1H3,(H,16,21)(H,18,19,22). The van der Waals surface area contributed by atoms with Gasteiger partial charge in [-0.1, -0.05) is 35.2 Å². The second-order valence-corrected chi connectivity index (χ2v) is 8.18. The van der Waals surface area contributed by atoms with Crippen molar-refractivity contribution in [2.45, 2.75) is 4.34 Å². The first-order valence-electron chi connectivity index (χ1n) is 7.54. The van der Waals surface area contributed by atoms with Crippen molar-refractivity contribution in [2.24, 2.45) is 0 Å². The number of ether oxygens (including phenoxy) is 1. The van der Waals surface area contributed by atoms with Crippen molar-refractivity contribution in [1.29, 1.82) is 0 Å². The Morgan fingerprint density at radius 1 is 1.23 bits per heavy atom. The summed E-state index contributed by atoms with van der Waals surface area (Å²) in [6.07, 6.45) is 0. The predicted molar refractivity (Wildman–Crippen MR) is 103 cm³/mol.